The number of carbonyl (C=O) groups excluding carboxylic acids is 1. The van der Waals surface area contributed by atoms with E-state index >= 15 is 0 Å². The van der Waals surface area contributed by atoms with Crippen LogP contribution in [0.3, 0.4) is 0 Å². The van der Waals surface area contributed by atoms with Gasteiger partial charge in [-0.15, -0.1) is 0 Å². The Kier molecular flexibility index (Phi) is 5.64. The van der Waals surface area contributed by atoms with Crippen LogP contribution in [-0.2, 0) is 13.1 Å². The normalized spacial score (nSPS) is 18.5. The second-order valence-electron chi connectivity index (χ2n) is 8.87. The van der Waals surface area contributed by atoms with Gasteiger partial charge >= 0.3 is 6.03 Å². The summed E-state index contributed by atoms with van der Waals surface area (Å²) in [7, 11) is 0. The zero-order valence-corrected chi connectivity index (χ0v) is 18.2. The Morgan fingerprint density at radius 3 is 2.68 bits per heavy atom. The molecular weight excluding hydrogens is 386 g/mol. The highest BCUT2D eigenvalue weighted by Crippen LogP contribution is 2.28. The van der Waals surface area contributed by atoms with E-state index < -0.39 is 0 Å². The van der Waals surface area contributed by atoms with E-state index in [9.17, 15) is 4.79 Å². The number of nitrogens with zero attached hydrogens (tertiary/aromatic N) is 3. The summed E-state index contributed by atoms with van der Waals surface area (Å²) in [4.78, 5) is 19.8. The van der Waals surface area contributed by atoms with E-state index in [0.717, 1.165) is 55.0 Å². The molecular formula is C25H31N5O. The van der Waals surface area contributed by atoms with Crippen molar-refractivity contribution >= 4 is 22.8 Å². The number of aromatic nitrogens is 2. The average Bonchev–Trinajstić information content (AvgIpc) is 3.16. The molecule has 162 valence electrons. The molecule has 1 aliphatic carbocycles. The first-order valence-corrected chi connectivity index (χ1v) is 11.5. The van der Waals surface area contributed by atoms with E-state index in [1.165, 1.54) is 24.8 Å². The lowest BCUT2D eigenvalue weighted by Gasteiger charge is -2.33. The first-order valence-electron chi connectivity index (χ1n) is 11.5. The highest BCUT2D eigenvalue weighted by atomic mass is 16.2. The van der Waals surface area contributed by atoms with E-state index in [0.29, 0.717) is 12.1 Å². The lowest BCUT2D eigenvalue weighted by atomic mass is 9.96. The summed E-state index contributed by atoms with van der Waals surface area (Å²) in [5.41, 5.74) is 4.22. The molecule has 31 heavy (non-hydrogen) atoms. The fourth-order valence-corrected chi connectivity index (χ4v) is 4.99. The Morgan fingerprint density at radius 2 is 1.87 bits per heavy atom. The average molecular weight is 418 g/mol. The van der Waals surface area contributed by atoms with Gasteiger partial charge in [-0.1, -0.05) is 49.6 Å². The predicted octanol–water partition coefficient (Wildman–Crippen LogP) is 5.07. The SMILES string of the molecule is C[C@H](c1ccccc1)N1CCn2c(nc3cc(NC(=O)NC4CCCCC4)ccc32)C1. The van der Waals surface area contributed by atoms with Crippen molar-refractivity contribution in [2.45, 2.75) is 64.2 Å². The van der Waals surface area contributed by atoms with Crippen molar-refractivity contribution in [3.8, 4) is 0 Å². The molecule has 6 nitrogen and oxygen atoms in total. The molecule has 0 saturated heterocycles. The molecule has 2 aliphatic rings. The summed E-state index contributed by atoms with van der Waals surface area (Å²) in [5.74, 6) is 1.09. The van der Waals surface area contributed by atoms with Crippen molar-refractivity contribution in [3.05, 3.63) is 59.9 Å². The molecule has 0 radical (unpaired) electrons. The molecule has 2 aromatic carbocycles. The molecule has 5 rings (SSSR count). The van der Waals surface area contributed by atoms with Crippen LogP contribution in [0.2, 0.25) is 0 Å². The van der Waals surface area contributed by atoms with Crippen LogP contribution in [0.5, 0.6) is 0 Å². The van der Waals surface area contributed by atoms with Crippen LogP contribution < -0.4 is 10.6 Å². The molecule has 0 unspecified atom stereocenters. The summed E-state index contributed by atoms with van der Waals surface area (Å²) in [6, 6.07) is 17.3. The Bertz CT molecular complexity index is 1050. The van der Waals surface area contributed by atoms with Crippen molar-refractivity contribution in [3.63, 3.8) is 0 Å². The second kappa shape index (κ2) is 8.71. The first kappa shape index (κ1) is 20.1. The van der Waals surface area contributed by atoms with Gasteiger partial charge in [-0.05, 0) is 43.5 Å². The number of carbonyl (C=O) groups is 1. The van der Waals surface area contributed by atoms with E-state index in [1.807, 2.05) is 12.1 Å². The minimum atomic E-state index is -0.113. The Morgan fingerprint density at radius 1 is 1.06 bits per heavy atom. The summed E-state index contributed by atoms with van der Waals surface area (Å²) >= 11 is 0. The van der Waals surface area contributed by atoms with Gasteiger partial charge in [0.05, 0.1) is 17.6 Å². The Hall–Kier alpha value is -2.86. The summed E-state index contributed by atoms with van der Waals surface area (Å²) in [6.07, 6.45) is 5.85. The number of amides is 2. The Labute approximate surface area is 183 Å². The third-order valence-electron chi connectivity index (χ3n) is 6.81. The van der Waals surface area contributed by atoms with Crippen molar-refractivity contribution in [2.24, 2.45) is 0 Å². The molecule has 2 heterocycles. The molecule has 1 saturated carbocycles. The van der Waals surface area contributed by atoms with E-state index in [2.05, 4.69) is 63.4 Å². The maximum Gasteiger partial charge on any atom is 0.319 e. The number of hydrogen-bond acceptors (Lipinski definition) is 3. The number of nitrogens with one attached hydrogen (secondary N) is 2. The van der Waals surface area contributed by atoms with Gasteiger partial charge in [0.15, 0.2) is 0 Å². The first-order chi connectivity index (χ1) is 15.2. The van der Waals surface area contributed by atoms with E-state index in [4.69, 9.17) is 4.98 Å². The van der Waals surface area contributed by atoms with Gasteiger partial charge in [-0.3, -0.25) is 4.90 Å². The number of hydrogen-bond donors (Lipinski definition) is 2. The fourth-order valence-electron chi connectivity index (χ4n) is 4.99. The molecule has 0 spiro atoms. The number of fused-ring (bicyclic) bond motifs is 3. The number of benzene rings is 2. The van der Waals surface area contributed by atoms with Crippen molar-refractivity contribution in [1.29, 1.82) is 0 Å². The maximum atomic E-state index is 12.4. The third kappa shape index (κ3) is 4.30. The van der Waals surface area contributed by atoms with Crippen LogP contribution in [0.15, 0.2) is 48.5 Å². The molecule has 3 aromatic rings. The van der Waals surface area contributed by atoms with Gasteiger partial charge in [0, 0.05) is 30.9 Å². The number of rotatable bonds is 4. The van der Waals surface area contributed by atoms with Crippen LogP contribution in [0, 0.1) is 0 Å². The third-order valence-corrected chi connectivity index (χ3v) is 6.81. The zero-order chi connectivity index (χ0) is 21.2. The monoisotopic (exact) mass is 417 g/mol. The predicted molar refractivity (Wildman–Crippen MR) is 124 cm³/mol. The fraction of sp³-hybridized carbons (Fsp3) is 0.440. The smallest absolute Gasteiger partial charge is 0.319 e. The van der Waals surface area contributed by atoms with Crippen LogP contribution >= 0.6 is 0 Å². The quantitative estimate of drug-likeness (QED) is 0.623. The second-order valence-corrected chi connectivity index (χ2v) is 8.87. The van der Waals surface area contributed by atoms with Gasteiger partial charge in [-0.2, -0.15) is 0 Å². The number of imidazole rings is 1. The number of anilines is 1. The zero-order valence-electron chi connectivity index (χ0n) is 18.2. The molecule has 1 aliphatic heterocycles. The maximum absolute atomic E-state index is 12.4. The van der Waals surface area contributed by atoms with Crippen molar-refractivity contribution < 1.29 is 4.79 Å². The Balaban J connectivity index is 1.29. The highest BCUT2D eigenvalue weighted by Gasteiger charge is 2.24. The topological polar surface area (TPSA) is 62.2 Å². The van der Waals surface area contributed by atoms with Crippen molar-refractivity contribution in [2.75, 3.05) is 11.9 Å². The van der Waals surface area contributed by atoms with Gasteiger partial charge in [0.1, 0.15) is 5.82 Å². The largest absolute Gasteiger partial charge is 0.335 e. The van der Waals surface area contributed by atoms with Crippen LogP contribution in [0.1, 0.15) is 56.5 Å². The minimum Gasteiger partial charge on any atom is -0.335 e. The molecule has 1 fully saturated rings. The molecule has 6 heteroatoms. The molecule has 1 aromatic heterocycles. The van der Waals surface area contributed by atoms with Gasteiger partial charge in [0.25, 0.3) is 0 Å². The summed E-state index contributed by atoms with van der Waals surface area (Å²) in [5, 5.41) is 6.12. The van der Waals surface area contributed by atoms with Crippen LogP contribution in [0.4, 0.5) is 10.5 Å². The summed E-state index contributed by atoms with van der Waals surface area (Å²) < 4.78 is 2.31. The van der Waals surface area contributed by atoms with Crippen molar-refractivity contribution in [1.82, 2.24) is 19.8 Å². The highest BCUT2D eigenvalue weighted by molar-refractivity contribution is 5.92. The van der Waals surface area contributed by atoms with Gasteiger partial charge < -0.3 is 15.2 Å². The van der Waals surface area contributed by atoms with Crippen LogP contribution in [0.25, 0.3) is 11.0 Å². The van der Waals surface area contributed by atoms with E-state index in [1.54, 1.807) is 0 Å². The molecule has 2 amide bonds. The lowest BCUT2D eigenvalue weighted by Crippen LogP contribution is -2.39. The van der Waals surface area contributed by atoms with Gasteiger partial charge in [-0.25, -0.2) is 9.78 Å². The minimum absolute atomic E-state index is 0.113. The summed E-state index contributed by atoms with van der Waals surface area (Å²) in [6.45, 7) is 5.02. The molecule has 2 N–H and O–H groups in total. The van der Waals surface area contributed by atoms with Crippen LogP contribution in [-0.4, -0.2) is 33.1 Å². The van der Waals surface area contributed by atoms with E-state index in [-0.39, 0.29) is 6.03 Å². The number of urea groups is 1. The molecule has 1 atom stereocenters. The molecule has 0 bridgehead atoms. The standard InChI is InChI=1S/C25H31N5O/c1-18(19-8-4-2-5-9-19)29-14-15-30-23-13-12-21(16-22(23)28-24(30)17-29)27-25(31)26-20-10-6-3-7-11-20/h2,4-5,8-9,12-13,16,18,20H,3,6-7,10-11,14-15,17H2,1H3,(H2,26,27,31)/t18-/m1/s1. The lowest BCUT2D eigenvalue weighted by molar-refractivity contribution is 0.165. The van der Waals surface area contributed by atoms with Gasteiger partial charge in [0.2, 0.25) is 0 Å².